The standard InChI is InChI=1S/C9H12O2S/c1-3-12(10)9-6-4-8(11-2)5-7-9/h4-7H,3H2,1-2H3/i3+1DH. The van der Waals surface area contributed by atoms with Gasteiger partial charge in [0.25, 0.3) is 0 Å². The molecule has 0 spiro atoms. The third-order valence-corrected chi connectivity index (χ3v) is 2.53. The number of rotatable bonds is 3. The number of methoxy groups -OCH3 is 1. The van der Waals surface area contributed by atoms with Gasteiger partial charge in [-0.1, -0.05) is 0 Å². The molecule has 1 rings (SSSR count). The SMILES string of the molecule is [1H][13C]([2H])(C)[S+]([O-])c1ccc(OC)cc1. The van der Waals surface area contributed by atoms with Crippen LogP contribution in [0.5, 0.6) is 5.75 Å². The number of ether oxygens (including phenoxy) is 1. The quantitative estimate of drug-likeness (QED) is 0.533. The molecule has 3 heteroatoms. The molecule has 0 radical (unpaired) electrons. The lowest BCUT2D eigenvalue weighted by Crippen LogP contribution is -2.03. The van der Waals surface area contributed by atoms with Crippen molar-refractivity contribution in [1.29, 1.82) is 0 Å². The summed E-state index contributed by atoms with van der Waals surface area (Å²) in [7, 11) is 1.55. The Labute approximate surface area is 78.5 Å². The van der Waals surface area contributed by atoms with Crippen molar-refractivity contribution in [1.82, 2.24) is 0 Å². The fourth-order valence-corrected chi connectivity index (χ4v) is 1.44. The molecular weight excluding hydrogens is 173 g/mol. The molecule has 0 bridgehead atoms. The van der Waals surface area contributed by atoms with Crippen LogP contribution < -0.4 is 4.74 Å². The monoisotopic (exact) mass is 186 g/mol. The van der Waals surface area contributed by atoms with E-state index in [4.69, 9.17) is 7.48 Å². The Bertz CT molecular complexity index is 295. The molecule has 0 aliphatic carbocycles. The Morgan fingerprint density at radius 3 is 2.67 bits per heavy atom. The topological polar surface area (TPSA) is 32.3 Å². The maximum absolute atomic E-state index is 11.6. The second-order valence-corrected chi connectivity index (χ2v) is 3.57. The largest absolute Gasteiger partial charge is 0.611 e. The third-order valence-electron chi connectivity index (χ3n) is 1.46. The molecule has 0 aromatic heterocycles. The van der Waals surface area contributed by atoms with E-state index < -0.39 is 16.9 Å². The molecule has 0 N–H and O–H groups in total. The fraction of sp³-hybridized carbons (Fsp3) is 0.333. The molecule has 0 saturated heterocycles. The molecule has 0 saturated carbocycles. The van der Waals surface area contributed by atoms with Gasteiger partial charge in [0.1, 0.15) is 11.5 Å². The average molecular weight is 186 g/mol. The average Bonchev–Trinajstić information content (AvgIpc) is 2.15. The molecule has 0 amide bonds. The van der Waals surface area contributed by atoms with Gasteiger partial charge in [0.05, 0.1) is 9.85 Å². The predicted octanol–water partition coefficient (Wildman–Crippen LogP) is 1.82. The first kappa shape index (κ1) is 6.80. The maximum Gasteiger partial charge on any atom is 0.152 e. The van der Waals surface area contributed by atoms with Crippen LogP contribution in [0.2, 0.25) is 0 Å². The molecule has 2 unspecified atom stereocenters. The minimum Gasteiger partial charge on any atom is -0.611 e. The van der Waals surface area contributed by atoms with Crippen LogP contribution in [0.25, 0.3) is 0 Å². The smallest absolute Gasteiger partial charge is 0.152 e. The van der Waals surface area contributed by atoms with Crippen LogP contribution >= 0.6 is 0 Å². The minimum atomic E-state index is -1.71. The van der Waals surface area contributed by atoms with E-state index in [2.05, 4.69) is 0 Å². The van der Waals surface area contributed by atoms with Crippen molar-refractivity contribution in [2.75, 3.05) is 12.8 Å². The zero-order valence-corrected chi connectivity index (χ0v) is 7.85. The Hall–Kier alpha value is -0.670. The maximum atomic E-state index is 11.6. The summed E-state index contributed by atoms with van der Waals surface area (Å²) in [4.78, 5) is 0.471. The first-order valence-corrected chi connectivity index (χ1v) is 4.66. The normalized spacial score (nSPS) is 20.2. The summed E-state index contributed by atoms with van der Waals surface area (Å²) in [6.45, 7) is 1.30. The summed E-state index contributed by atoms with van der Waals surface area (Å²) in [5.74, 6) is 0.669. The second kappa shape index (κ2) is 4.38. The van der Waals surface area contributed by atoms with Gasteiger partial charge in [-0.3, -0.25) is 0 Å². The van der Waals surface area contributed by atoms with E-state index in [9.17, 15) is 4.55 Å². The van der Waals surface area contributed by atoms with Gasteiger partial charge in [0.2, 0.25) is 0 Å². The van der Waals surface area contributed by atoms with Crippen LogP contribution in [-0.2, 0) is 11.2 Å². The zero-order valence-electron chi connectivity index (χ0n) is 9.03. The van der Waals surface area contributed by atoms with Crippen LogP contribution in [0.3, 0.4) is 0 Å². The molecular formula is C9H12O2S. The van der Waals surface area contributed by atoms with E-state index in [0.29, 0.717) is 10.6 Å². The number of hydrogen-bond acceptors (Lipinski definition) is 2. The van der Waals surface area contributed by atoms with Gasteiger partial charge in [-0.25, -0.2) is 0 Å². The molecule has 0 heterocycles. The van der Waals surface area contributed by atoms with Crippen LogP contribution in [0.1, 0.15) is 9.67 Å². The molecule has 0 aliphatic rings. The highest BCUT2D eigenvalue weighted by Gasteiger charge is 2.06. The van der Waals surface area contributed by atoms with Crippen LogP contribution in [-0.4, -0.2) is 17.4 Å². The lowest BCUT2D eigenvalue weighted by molar-refractivity contribution is 0.414. The minimum absolute atomic E-state index is 0.471. The summed E-state index contributed by atoms with van der Waals surface area (Å²) in [5.41, 5.74) is -1.71. The first-order chi connectivity index (χ1) is 6.45. The summed E-state index contributed by atoms with van der Waals surface area (Å²) < 4.78 is 31.1. The van der Waals surface area contributed by atoms with E-state index in [-0.39, 0.29) is 0 Å². The van der Waals surface area contributed by atoms with Crippen molar-refractivity contribution < 1.29 is 12.0 Å². The lowest BCUT2D eigenvalue weighted by Gasteiger charge is -2.07. The van der Waals surface area contributed by atoms with E-state index in [0.717, 1.165) is 0 Å². The molecule has 12 heavy (non-hydrogen) atoms. The van der Waals surface area contributed by atoms with Gasteiger partial charge >= 0.3 is 0 Å². The van der Waals surface area contributed by atoms with Crippen LogP contribution in [0, 0.1) is 0 Å². The second-order valence-electron chi connectivity index (χ2n) is 2.15. The fourth-order valence-electron chi connectivity index (χ4n) is 0.817. The van der Waals surface area contributed by atoms with Gasteiger partial charge in [-0.2, -0.15) is 0 Å². The van der Waals surface area contributed by atoms with Crippen molar-refractivity contribution in [2.24, 2.45) is 0 Å². The lowest BCUT2D eigenvalue weighted by atomic mass is 10.3. The van der Waals surface area contributed by atoms with Gasteiger partial charge < -0.3 is 9.29 Å². The van der Waals surface area contributed by atoms with E-state index >= 15 is 0 Å². The van der Waals surface area contributed by atoms with Crippen molar-refractivity contribution >= 4 is 11.2 Å². The Morgan fingerprint density at radius 2 is 2.25 bits per heavy atom. The third kappa shape index (κ3) is 2.16. The summed E-state index contributed by atoms with van der Waals surface area (Å²) in [6, 6.07) is 6.55. The molecule has 2 nitrogen and oxygen atoms in total. The molecule has 0 aliphatic heterocycles. The van der Waals surface area contributed by atoms with Crippen molar-refractivity contribution in [3.05, 3.63) is 24.3 Å². The van der Waals surface area contributed by atoms with Gasteiger partial charge in [-0.05, 0) is 42.4 Å². The number of benzene rings is 1. The molecule has 2 atom stereocenters. The Kier molecular flexibility index (Phi) is 2.48. The highest BCUT2D eigenvalue weighted by Crippen LogP contribution is 2.16. The highest BCUT2D eigenvalue weighted by atomic mass is 32.2. The molecule has 1 aromatic carbocycles. The van der Waals surface area contributed by atoms with Crippen LogP contribution in [0.4, 0.5) is 0 Å². The van der Waals surface area contributed by atoms with Gasteiger partial charge in [0, 0.05) is 0 Å². The predicted molar refractivity (Wildman–Crippen MR) is 49.9 cm³/mol. The summed E-state index contributed by atoms with van der Waals surface area (Å²) in [6.07, 6.45) is 0. The molecule has 0 fully saturated rings. The molecule has 1 aromatic rings. The van der Waals surface area contributed by atoms with E-state index in [1.54, 1.807) is 31.4 Å². The van der Waals surface area contributed by atoms with Crippen molar-refractivity contribution in [3.8, 4) is 5.75 Å². The summed E-state index contributed by atoms with van der Waals surface area (Å²) >= 11 is -1.63. The van der Waals surface area contributed by atoms with Gasteiger partial charge in [-0.15, -0.1) is 0 Å². The zero-order chi connectivity index (χ0) is 10.8. The Morgan fingerprint density at radius 1 is 1.67 bits per heavy atom. The highest BCUT2D eigenvalue weighted by molar-refractivity contribution is 7.91. The van der Waals surface area contributed by atoms with Crippen molar-refractivity contribution in [3.63, 3.8) is 0 Å². The van der Waals surface area contributed by atoms with Crippen LogP contribution in [0.15, 0.2) is 29.2 Å². The number of hydrogen-bond donors (Lipinski definition) is 0. The Balaban J connectivity index is 2.87. The van der Waals surface area contributed by atoms with E-state index in [1.165, 1.54) is 6.92 Å². The van der Waals surface area contributed by atoms with Crippen molar-refractivity contribution in [2.45, 2.75) is 11.8 Å². The molecule has 66 valence electrons. The summed E-state index contributed by atoms with van der Waals surface area (Å²) in [5, 5.41) is 0. The van der Waals surface area contributed by atoms with Gasteiger partial charge in [0.15, 0.2) is 4.90 Å². The van der Waals surface area contributed by atoms with E-state index in [1.807, 2.05) is 0 Å². The first-order valence-electron chi connectivity index (χ1n) is 4.51.